The van der Waals surface area contributed by atoms with Gasteiger partial charge in [0, 0.05) is 0 Å². The molecule has 0 spiro atoms. The average molecular weight is 272 g/mol. The second-order valence-electron chi connectivity index (χ2n) is 4.59. The van der Waals surface area contributed by atoms with Gasteiger partial charge in [-0.15, -0.1) is 0 Å². The van der Waals surface area contributed by atoms with Gasteiger partial charge in [0.25, 0.3) is 0 Å². The van der Waals surface area contributed by atoms with Crippen molar-refractivity contribution in [3.8, 4) is 0 Å². The minimum absolute atomic E-state index is 0.156. The van der Waals surface area contributed by atoms with E-state index in [1.807, 2.05) is 0 Å². The number of aliphatic hydroxyl groups excluding tert-OH is 3. The van der Waals surface area contributed by atoms with Crippen LogP contribution in [0.15, 0.2) is 12.3 Å². The normalized spacial score (nSPS) is 38.8. The number of hydrogen-bond acceptors (Lipinski definition) is 7. The number of primary amides is 1. The minimum Gasteiger partial charge on any atom is -0.394 e. The van der Waals surface area contributed by atoms with Crippen LogP contribution >= 0.6 is 0 Å². The van der Waals surface area contributed by atoms with Gasteiger partial charge in [-0.1, -0.05) is 0 Å². The Bertz CT molecular complexity index is 412. The highest BCUT2D eigenvalue weighted by molar-refractivity contribution is 6.04. The van der Waals surface area contributed by atoms with Gasteiger partial charge in [0.1, 0.15) is 24.2 Å². The van der Waals surface area contributed by atoms with Gasteiger partial charge in [0.2, 0.25) is 5.91 Å². The molecule has 0 aliphatic carbocycles. The number of ether oxygens (including phenoxy) is 1. The molecule has 0 bridgehead atoms. The van der Waals surface area contributed by atoms with Crippen LogP contribution in [0.4, 0.5) is 0 Å². The molecular formula is C11H16N2O6. The van der Waals surface area contributed by atoms with Crippen molar-refractivity contribution in [2.24, 2.45) is 11.7 Å². The molecule has 2 heterocycles. The number of amides is 1. The maximum absolute atomic E-state index is 11.7. The molecule has 5 N–H and O–H groups in total. The molecule has 2 unspecified atom stereocenters. The summed E-state index contributed by atoms with van der Waals surface area (Å²) in [6, 6.07) is 0. The van der Waals surface area contributed by atoms with E-state index in [-0.39, 0.29) is 6.54 Å². The lowest BCUT2D eigenvalue weighted by Crippen LogP contribution is -2.47. The van der Waals surface area contributed by atoms with Crippen LogP contribution in [-0.2, 0) is 14.3 Å². The summed E-state index contributed by atoms with van der Waals surface area (Å²) >= 11 is 0. The molecule has 0 aromatic rings. The largest absolute Gasteiger partial charge is 0.394 e. The number of ketones is 1. The Morgan fingerprint density at radius 1 is 1.47 bits per heavy atom. The Kier molecular flexibility index (Phi) is 3.85. The van der Waals surface area contributed by atoms with E-state index >= 15 is 0 Å². The molecule has 5 atom stereocenters. The standard InChI is InChI=1S/C11H16N2O6/c12-10(18)5-1-2-13(3-6(5)15)11-9(17)8(16)7(4-14)19-11/h1-2,5,7-9,11,14,16-17H,3-4H2,(H2,12,18)/t5?,7-,8-,9-,11?/m1/s1. The molecular weight excluding hydrogens is 256 g/mol. The average Bonchev–Trinajstić information content (AvgIpc) is 2.65. The number of Topliss-reactive ketones (excluding diaryl/α,β-unsaturated/α-hetero) is 1. The fourth-order valence-corrected chi connectivity index (χ4v) is 2.22. The quantitative estimate of drug-likeness (QED) is 0.400. The summed E-state index contributed by atoms with van der Waals surface area (Å²) in [5.41, 5.74) is 5.07. The van der Waals surface area contributed by atoms with Crippen LogP contribution in [0.5, 0.6) is 0 Å². The minimum atomic E-state index is -1.25. The number of aliphatic hydroxyl groups is 3. The molecule has 8 heteroatoms. The zero-order valence-corrected chi connectivity index (χ0v) is 10.0. The highest BCUT2D eigenvalue weighted by Gasteiger charge is 2.45. The maximum atomic E-state index is 11.7. The summed E-state index contributed by atoms with van der Waals surface area (Å²) < 4.78 is 5.27. The van der Waals surface area contributed by atoms with Gasteiger partial charge in [-0.3, -0.25) is 9.59 Å². The number of nitrogens with zero attached hydrogens (tertiary/aromatic N) is 1. The van der Waals surface area contributed by atoms with E-state index in [2.05, 4.69) is 0 Å². The Balaban J connectivity index is 2.10. The lowest BCUT2D eigenvalue weighted by atomic mass is 9.99. The molecule has 19 heavy (non-hydrogen) atoms. The van der Waals surface area contributed by atoms with Crippen LogP contribution in [0.3, 0.4) is 0 Å². The van der Waals surface area contributed by atoms with Gasteiger partial charge >= 0.3 is 0 Å². The van der Waals surface area contributed by atoms with Crippen molar-refractivity contribution in [1.29, 1.82) is 0 Å². The third kappa shape index (κ3) is 2.47. The summed E-state index contributed by atoms with van der Waals surface area (Å²) in [5.74, 6) is -2.12. The first kappa shape index (κ1) is 13.9. The second kappa shape index (κ2) is 5.25. The zero-order chi connectivity index (χ0) is 14.2. The summed E-state index contributed by atoms with van der Waals surface area (Å²) in [7, 11) is 0. The highest BCUT2D eigenvalue weighted by atomic mass is 16.6. The molecule has 1 amide bonds. The van der Waals surface area contributed by atoms with Gasteiger partial charge in [0.05, 0.1) is 13.2 Å². The summed E-state index contributed by atoms with van der Waals surface area (Å²) in [4.78, 5) is 24.1. The van der Waals surface area contributed by atoms with Crippen molar-refractivity contribution in [1.82, 2.24) is 4.90 Å². The van der Waals surface area contributed by atoms with Crippen molar-refractivity contribution >= 4 is 11.7 Å². The molecule has 2 aliphatic rings. The maximum Gasteiger partial charge on any atom is 0.232 e. The molecule has 0 saturated carbocycles. The second-order valence-corrected chi connectivity index (χ2v) is 4.59. The van der Waals surface area contributed by atoms with Gasteiger partial charge in [-0.05, 0) is 12.3 Å². The molecule has 0 aromatic carbocycles. The van der Waals surface area contributed by atoms with E-state index in [4.69, 9.17) is 15.6 Å². The third-order valence-electron chi connectivity index (χ3n) is 3.31. The number of rotatable bonds is 3. The predicted octanol–water partition coefficient (Wildman–Crippen LogP) is -3.07. The Morgan fingerprint density at radius 2 is 2.16 bits per heavy atom. The summed E-state index contributed by atoms with van der Waals surface area (Å²) in [5, 5.41) is 28.4. The lowest BCUT2D eigenvalue weighted by molar-refractivity contribution is -0.135. The summed E-state index contributed by atoms with van der Waals surface area (Å²) in [6.07, 6.45) is -1.58. The van der Waals surface area contributed by atoms with Crippen molar-refractivity contribution in [2.75, 3.05) is 13.2 Å². The van der Waals surface area contributed by atoms with Crippen LogP contribution in [0.25, 0.3) is 0 Å². The molecule has 0 radical (unpaired) electrons. The van der Waals surface area contributed by atoms with Gasteiger partial charge < -0.3 is 30.7 Å². The zero-order valence-electron chi connectivity index (χ0n) is 10.0. The highest BCUT2D eigenvalue weighted by Crippen LogP contribution is 2.26. The van der Waals surface area contributed by atoms with Crippen LogP contribution in [0.2, 0.25) is 0 Å². The fourth-order valence-electron chi connectivity index (χ4n) is 2.22. The van der Waals surface area contributed by atoms with Gasteiger partial charge in [-0.25, -0.2) is 0 Å². The summed E-state index contributed by atoms with van der Waals surface area (Å²) in [6.45, 7) is -0.596. The van der Waals surface area contributed by atoms with Crippen LogP contribution in [-0.4, -0.2) is 69.6 Å². The topological polar surface area (TPSA) is 133 Å². The SMILES string of the molecule is NC(=O)C1C=CN(C2O[C@H](CO)[C@@H](O)[C@H]2O)CC1=O. The fraction of sp³-hybridized carbons (Fsp3) is 0.636. The first-order valence-corrected chi connectivity index (χ1v) is 5.84. The Labute approximate surface area is 109 Å². The molecule has 8 nitrogen and oxygen atoms in total. The molecule has 0 aromatic heterocycles. The number of hydrogen-bond donors (Lipinski definition) is 4. The van der Waals surface area contributed by atoms with Crippen LogP contribution in [0.1, 0.15) is 0 Å². The number of carbonyl (C=O) groups is 2. The number of carbonyl (C=O) groups excluding carboxylic acids is 2. The van der Waals surface area contributed by atoms with Crippen molar-refractivity contribution in [3.63, 3.8) is 0 Å². The molecule has 1 fully saturated rings. The van der Waals surface area contributed by atoms with Crippen molar-refractivity contribution in [2.45, 2.75) is 24.5 Å². The predicted molar refractivity (Wildman–Crippen MR) is 61.3 cm³/mol. The first-order valence-electron chi connectivity index (χ1n) is 5.84. The van der Waals surface area contributed by atoms with Crippen LogP contribution < -0.4 is 5.73 Å². The Morgan fingerprint density at radius 3 is 2.63 bits per heavy atom. The van der Waals surface area contributed by atoms with E-state index in [9.17, 15) is 19.8 Å². The Hall–Kier alpha value is -1.48. The lowest BCUT2D eigenvalue weighted by Gasteiger charge is -2.32. The van der Waals surface area contributed by atoms with E-state index in [0.717, 1.165) is 0 Å². The van der Waals surface area contributed by atoms with Crippen molar-refractivity contribution in [3.05, 3.63) is 12.3 Å². The van der Waals surface area contributed by atoms with Crippen molar-refractivity contribution < 1.29 is 29.6 Å². The molecule has 1 saturated heterocycles. The van der Waals surface area contributed by atoms with E-state index < -0.39 is 48.8 Å². The van der Waals surface area contributed by atoms with Gasteiger partial charge in [0.15, 0.2) is 12.0 Å². The van der Waals surface area contributed by atoms with Gasteiger partial charge in [-0.2, -0.15) is 0 Å². The van der Waals surface area contributed by atoms with E-state index in [0.29, 0.717) is 0 Å². The first-order chi connectivity index (χ1) is 8.95. The molecule has 2 aliphatic heterocycles. The third-order valence-corrected chi connectivity index (χ3v) is 3.31. The monoisotopic (exact) mass is 272 g/mol. The van der Waals surface area contributed by atoms with E-state index in [1.165, 1.54) is 17.2 Å². The molecule has 2 rings (SSSR count). The van der Waals surface area contributed by atoms with Crippen LogP contribution in [0, 0.1) is 5.92 Å². The van der Waals surface area contributed by atoms with E-state index in [1.54, 1.807) is 0 Å². The smallest absolute Gasteiger partial charge is 0.232 e. The molecule has 106 valence electrons. The number of nitrogens with two attached hydrogens (primary N) is 1.